The van der Waals surface area contributed by atoms with Crippen LogP contribution in [0.3, 0.4) is 0 Å². The molecule has 1 aromatic rings. The minimum atomic E-state index is -0.469. The number of rotatable bonds is 0. The van der Waals surface area contributed by atoms with Crippen molar-refractivity contribution >= 4 is 24.1 Å². The normalized spacial score (nSPS) is 19.8. The molecule has 0 saturated carbocycles. The largest absolute Gasteiger partial charge is 0.320 e. The maximum Gasteiger partial charge on any atom is 0.242 e. The average molecular weight is 201 g/mol. The predicted molar refractivity (Wildman–Crippen MR) is 49.6 cm³/mol. The summed E-state index contributed by atoms with van der Waals surface area (Å²) >= 11 is 0. The van der Waals surface area contributed by atoms with E-state index < -0.39 is 6.04 Å². The third-order valence-corrected chi connectivity index (χ3v) is 1.81. The number of fused-ring (bicyclic) bond motifs is 1. The van der Waals surface area contributed by atoms with Crippen molar-refractivity contribution in [2.45, 2.75) is 12.5 Å². The molecule has 3 N–H and O–H groups in total. The molecule has 1 unspecified atom stereocenters. The zero-order valence-corrected chi connectivity index (χ0v) is 7.54. The van der Waals surface area contributed by atoms with Crippen molar-refractivity contribution in [3.63, 3.8) is 0 Å². The van der Waals surface area contributed by atoms with E-state index in [9.17, 15) is 4.79 Å². The van der Waals surface area contributed by atoms with E-state index in [0.29, 0.717) is 12.2 Å². The molecule has 6 heteroatoms. The highest BCUT2D eigenvalue weighted by Crippen LogP contribution is 2.16. The van der Waals surface area contributed by atoms with Gasteiger partial charge in [-0.1, -0.05) is 0 Å². The molecule has 0 aliphatic carbocycles. The van der Waals surface area contributed by atoms with Crippen LogP contribution in [0.15, 0.2) is 12.5 Å². The van der Waals surface area contributed by atoms with Crippen molar-refractivity contribution in [2.75, 3.05) is 5.32 Å². The lowest BCUT2D eigenvalue weighted by Crippen LogP contribution is -2.41. The van der Waals surface area contributed by atoms with Gasteiger partial charge in [0.15, 0.2) is 0 Å². The second-order valence-electron chi connectivity index (χ2n) is 2.70. The molecule has 1 aliphatic rings. The van der Waals surface area contributed by atoms with Crippen LogP contribution in [0.4, 0.5) is 5.82 Å². The second kappa shape index (κ2) is 3.68. The van der Waals surface area contributed by atoms with Crippen LogP contribution in [0.1, 0.15) is 5.56 Å². The fourth-order valence-corrected chi connectivity index (χ4v) is 1.16. The maximum atomic E-state index is 11.1. The Morgan fingerprint density at radius 2 is 2.38 bits per heavy atom. The number of carbonyl (C=O) groups excluding carboxylic acids is 1. The van der Waals surface area contributed by atoms with Gasteiger partial charge in [0.25, 0.3) is 0 Å². The first-order valence-electron chi connectivity index (χ1n) is 3.62. The summed E-state index contributed by atoms with van der Waals surface area (Å²) in [4.78, 5) is 18.8. The summed E-state index contributed by atoms with van der Waals surface area (Å²) in [7, 11) is 0. The minimum absolute atomic E-state index is 0. The Morgan fingerprint density at radius 1 is 1.62 bits per heavy atom. The standard InChI is InChI=1S/C7H8N4O.ClH/c8-5-1-4-2-9-3-10-6(4)11-7(5)12;/h2-3,5H,1,8H2,(H,9,10,11,12);1H. The fourth-order valence-electron chi connectivity index (χ4n) is 1.16. The number of nitrogens with one attached hydrogen (secondary N) is 1. The molecular formula is C7H9ClN4O. The molecule has 0 aromatic carbocycles. The van der Waals surface area contributed by atoms with E-state index in [0.717, 1.165) is 5.56 Å². The Balaban J connectivity index is 0.000000845. The van der Waals surface area contributed by atoms with Crippen molar-refractivity contribution < 1.29 is 4.79 Å². The van der Waals surface area contributed by atoms with E-state index in [1.807, 2.05) is 0 Å². The van der Waals surface area contributed by atoms with Gasteiger partial charge in [0, 0.05) is 18.2 Å². The highest BCUT2D eigenvalue weighted by Gasteiger charge is 2.23. The molecule has 0 fully saturated rings. The molecule has 0 saturated heterocycles. The van der Waals surface area contributed by atoms with Gasteiger partial charge in [0.1, 0.15) is 12.1 Å². The molecule has 1 amide bonds. The third kappa shape index (κ3) is 1.76. The predicted octanol–water partition coefficient (Wildman–Crippen LogP) is -0.280. The average Bonchev–Trinajstić information content (AvgIpc) is 2.07. The molecule has 1 aliphatic heterocycles. The van der Waals surface area contributed by atoms with Gasteiger partial charge < -0.3 is 11.1 Å². The van der Waals surface area contributed by atoms with Crippen molar-refractivity contribution in [3.05, 3.63) is 18.1 Å². The Kier molecular flexibility index (Phi) is 2.79. The summed E-state index contributed by atoms with van der Waals surface area (Å²) in [5.41, 5.74) is 6.42. The van der Waals surface area contributed by atoms with Crippen LogP contribution in [-0.4, -0.2) is 21.9 Å². The van der Waals surface area contributed by atoms with Crippen LogP contribution in [0, 0.1) is 0 Å². The van der Waals surface area contributed by atoms with E-state index in [2.05, 4.69) is 15.3 Å². The summed E-state index contributed by atoms with van der Waals surface area (Å²) in [5, 5.41) is 2.59. The molecule has 1 aromatic heterocycles. The summed E-state index contributed by atoms with van der Waals surface area (Å²) in [6, 6.07) is -0.469. The number of nitrogens with two attached hydrogens (primary N) is 1. The Hall–Kier alpha value is -1.20. The lowest BCUT2D eigenvalue weighted by Gasteiger charge is -2.19. The number of carbonyl (C=O) groups is 1. The number of hydrogen-bond acceptors (Lipinski definition) is 4. The Morgan fingerprint density at radius 3 is 3.15 bits per heavy atom. The molecule has 1 atom stereocenters. The molecule has 0 spiro atoms. The number of nitrogens with zero attached hydrogens (tertiary/aromatic N) is 2. The maximum absolute atomic E-state index is 11.1. The first kappa shape index (κ1) is 9.88. The molecule has 2 rings (SSSR count). The monoisotopic (exact) mass is 200 g/mol. The van der Waals surface area contributed by atoms with Gasteiger partial charge >= 0.3 is 0 Å². The van der Waals surface area contributed by atoms with Crippen LogP contribution in [0.25, 0.3) is 0 Å². The third-order valence-electron chi connectivity index (χ3n) is 1.81. The van der Waals surface area contributed by atoms with Gasteiger partial charge in [0.2, 0.25) is 5.91 Å². The first-order chi connectivity index (χ1) is 5.77. The van der Waals surface area contributed by atoms with Crippen molar-refractivity contribution in [3.8, 4) is 0 Å². The SMILES string of the molecule is Cl.NC1Cc2cncnc2NC1=O. The number of aromatic nitrogens is 2. The zero-order valence-electron chi connectivity index (χ0n) is 6.73. The number of amides is 1. The van der Waals surface area contributed by atoms with Crippen molar-refractivity contribution in [1.82, 2.24) is 9.97 Å². The second-order valence-corrected chi connectivity index (χ2v) is 2.70. The van der Waals surface area contributed by atoms with Gasteiger partial charge in [-0.2, -0.15) is 0 Å². The van der Waals surface area contributed by atoms with Crippen LogP contribution in [0.2, 0.25) is 0 Å². The molecule has 2 heterocycles. The van der Waals surface area contributed by atoms with Crippen LogP contribution in [0.5, 0.6) is 0 Å². The smallest absolute Gasteiger partial charge is 0.242 e. The highest BCUT2D eigenvalue weighted by atomic mass is 35.5. The zero-order chi connectivity index (χ0) is 8.55. The molecular weight excluding hydrogens is 192 g/mol. The van der Waals surface area contributed by atoms with Crippen molar-refractivity contribution in [2.24, 2.45) is 5.73 Å². The van der Waals surface area contributed by atoms with Crippen LogP contribution >= 0.6 is 12.4 Å². The van der Waals surface area contributed by atoms with Gasteiger partial charge in [-0.15, -0.1) is 12.4 Å². The lowest BCUT2D eigenvalue weighted by molar-refractivity contribution is -0.117. The number of halogens is 1. The van der Waals surface area contributed by atoms with Gasteiger partial charge in [-0.25, -0.2) is 9.97 Å². The van der Waals surface area contributed by atoms with E-state index in [1.165, 1.54) is 6.33 Å². The van der Waals surface area contributed by atoms with Crippen molar-refractivity contribution in [1.29, 1.82) is 0 Å². The number of anilines is 1. The minimum Gasteiger partial charge on any atom is -0.320 e. The molecule has 70 valence electrons. The summed E-state index contributed by atoms with van der Waals surface area (Å²) in [5.74, 6) is 0.401. The van der Waals surface area contributed by atoms with E-state index >= 15 is 0 Å². The Labute approximate surface area is 81.2 Å². The first-order valence-corrected chi connectivity index (χ1v) is 3.62. The molecule has 0 bridgehead atoms. The summed E-state index contributed by atoms with van der Waals surface area (Å²) in [6.45, 7) is 0. The van der Waals surface area contributed by atoms with Gasteiger partial charge in [-0.3, -0.25) is 4.79 Å². The molecule has 0 radical (unpaired) electrons. The highest BCUT2D eigenvalue weighted by molar-refractivity contribution is 5.96. The van der Waals surface area contributed by atoms with E-state index in [1.54, 1.807) is 6.20 Å². The molecule has 13 heavy (non-hydrogen) atoms. The fraction of sp³-hybridized carbons (Fsp3) is 0.286. The van der Waals surface area contributed by atoms with Crippen LogP contribution in [-0.2, 0) is 11.2 Å². The topological polar surface area (TPSA) is 80.9 Å². The number of hydrogen-bond donors (Lipinski definition) is 2. The Bertz CT molecular complexity index is 330. The van der Waals surface area contributed by atoms with E-state index in [4.69, 9.17) is 5.73 Å². The quantitative estimate of drug-likeness (QED) is 0.604. The summed E-state index contributed by atoms with van der Waals surface area (Å²) in [6.07, 6.45) is 3.58. The molecule has 5 nitrogen and oxygen atoms in total. The van der Waals surface area contributed by atoms with E-state index in [-0.39, 0.29) is 18.3 Å². The summed E-state index contributed by atoms with van der Waals surface area (Å²) < 4.78 is 0. The van der Waals surface area contributed by atoms with Gasteiger partial charge in [-0.05, 0) is 0 Å². The van der Waals surface area contributed by atoms with Gasteiger partial charge in [0.05, 0.1) is 6.04 Å². The van der Waals surface area contributed by atoms with Crippen LogP contribution < -0.4 is 11.1 Å². The lowest BCUT2D eigenvalue weighted by atomic mass is 10.0.